The van der Waals surface area contributed by atoms with Gasteiger partial charge in [0.25, 0.3) is 5.91 Å². The second-order valence-electron chi connectivity index (χ2n) is 7.55. The largest absolute Gasteiger partial charge is 0.486 e. The average Bonchev–Trinajstić information content (AvgIpc) is 3.16. The Hall–Kier alpha value is -2.97. The highest BCUT2D eigenvalue weighted by Crippen LogP contribution is 2.23. The molecule has 1 aromatic heterocycles. The summed E-state index contributed by atoms with van der Waals surface area (Å²) in [6.45, 7) is 4.04. The molecule has 1 amide bonds. The molecule has 0 unspecified atom stereocenters. The lowest BCUT2D eigenvalue weighted by Gasteiger charge is -2.34. The van der Waals surface area contributed by atoms with Crippen molar-refractivity contribution in [3.8, 4) is 5.75 Å². The molecule has 6 nitrogen and oxygen atoms in total. The smallest absolute Gasteiger partial charge is 0.276 e. The molecule has 1 saturated heterocycles. The minimum atomic E-state index is -0.486. The molecule has 0 saturated carbocycles. The molecule has 4 rings (SSSR count). The number of nitrogens with zero attached hydrogens (tertiary/aromatic N) is 3. The summed E-state index contributed by atoms with van der Waals surface area (Å²) >= 11 is 6.13. The predicted molar refractivity (Wildman–Crippen MR) is 115 cm³/mol. The molecule has 3 aromatic rings. The Bertz CT molecular complexity index is 1090. The van der Waals surface area contributed by atoms with Gasteiger partial charge in [0.1, 0.15) is 18.2 Å². The van der Waals surface area contributed by atoms with Gasteiger partial charge in [-0.05, 0) is 31.2 Å². The highest BCUT2D eigenvalue weighted by atomic mass is 35.5. The van der Waals surface area contributed by atoms with Gasteiger partial charge in [-0.2, -0.15) is 0 Å². The fourth-order valence-corrected chi connectivity index (χ4v) is 3.83. The van der Waals surface area contributed by atoms with E-state index < -0.39 is 5.82 Å². The van der Waals surface area contributed by atoms with E-state index in [-0.39, 0.29) is 29.8 Å². The Labute approximate surface area is 189 Å². The maximum absolute atomic E-state index is 14.1. The van der Waals surface area contributed by atoms with Gasteiger partial charge in [-0.15, -0.1) is 0 Å². The molecule has 1 fully saturated rings. The molecule has 0 radical (unpaired) electrons. The van der Waals surface area contributed by atoms with Crippen LogP contribution in [0.4, 0.5) is 8.78 Å². The van der Waals surface area contributed by atoms with E-state index in [1.54, 1.807) is 36.1 Å². The third kappa shape index (κ3) is 4.76. The van der Waals surface area contributed by atoms with Crippen LogP contribution in [0.2, 0.25) is 5.02 Å². The summed E-state index contributed by atoms with van der Waals surface area (Å²) in [5, 5.41) is 4.30. The van der Waals surface area contributed by atoms with E-state index in [4.69, 9.17) is 20.9 Å². The number of hydrogen-bond donors (Lipinski definition) is 0. The van der Waals surface area contributed by atoms with Crippen LogP contribution in [0.5, 0.6) is 5.75 Å². The first-order valence-electron chi connectivity index (χ1n) is 10.2. The van der Waals surface area contributed by atoms with E-state index in [0.29, 0.717) is 54.6 Å². The Balaban J connectivity index is 1.39. The van der Waals surface area contributed by atoms with Crippen LogP contribution in [0.15, 0.2) is 47.0 Å². The molecular weight excluding hydrogens is 440 g/mol. The van der Waals surface area contributed by atoms with Crippen LogP contribution in [0.1, 0.15) is 27.4 Å². The van der Waals surface area contributed by atoms with Crippen molar-refractivity contribution in [3.05, 3.63) is 81.7 Å². The van der Waals surface area contributed by atoms with E-state index >= 15 is 0 Å². The number of carbonyl (C=O) groups excluding carboxylic acids is 1. The molecular formula is C23H22ClF2N3O3. The molecule has 0 N–H and O–H groups in total. The Morgan fingerprint density at radius 2 is 1.78 bits per heavy atom. The van der Waals surface area contributed by atoms with Gasteiger partial charge < -0.3 is 14.2 Å². The van der Waals surface area contributed by atoms with E-state index in [0.717, 1.165) is 0 Å². The lowest BCUT2D eigenvalue weighted by molar-refractivity contribution is 0.0614. The first-order valence-corrected chi connectivity index (χ1v) is 10.6. The summed E-state index contributed by atoms with van der Waals surface area (Å²) in [6.07, 6.45) is 0. The van der Waals surface area contributed by atoms with Crippen LogP contribution in [-0.2, 0) is 13.2 Å². The molecule has 168 valence electrons. The first-order chi connectivity index (χ1) is 15.4. The molecule has 0 atom stereocenters. The second kappa shape index (κ2) is 9.67. The zero-order valence-corrected chi connectivity index (χ0v) is 18.2. The summed E-state index contributed by atoms with van der Waals surface area (Å²) in [6, 6.07) is 10.7. The van der Waals surface area contributed by atoms with Crippen LogP contribution in [-0.4, -0.2) is 47.0 Å². The molecule has 1 aliphatic rings. The number of halogens is 3. The maximum atomic E-state index is 14.1. The fourth-order valence-electron chi connectivity index (χ4n) is 3.61. The van der Waals surface area contributed by atoms with Gasteiger partial charge in [0.15, 0.2) is 17.3 Å². The molecule has 32 heavy (non-hydrogen) atoms. The molecule has 0 aliphatic carbocycles. The topological polar surface area (TPSA) is 58.8 Å². The zero-order valence-electron chi connectivity index (χ0n) is 17.5. The summed E-state index contributed by atoms with van der Waals surface area (Å²) in [7, 11) is 0. The Morgan fingerprint density at radius 3 is 2.50 bits per heavy atom. The van der Waals surface area contributed by atoms with Gasteiger partial charge in [0.05, 0.1) is 5.56 Å². The Morgan fingerprint density at radius 1 is 1.06 bits per heavy atom. The van der Waals surface area contributed by atoms with Gasteiger partial charge in [0.2, 0.25) is 0 Å². The van der Waals surface area contributed by atoms with E-state index in [1.807, 2.05) is 4.90 Å². The highest BCUT2D eigenvalue weighted by Gasteiger charge is 2.28. The number of aromatic nitrogens is 1. The number of para-hydroxylation sites is 1. The molecule has 1 aliphatic heterocycles. The van der Waals surface area contributed by atoms with Gasteiger partial charge >= 0.3 is 0 Å². The van der Waals surface area contributed by atoms with Crippen LogP contribution in [0.3, 0.4) is 0 Å². The minimum absolute atomic E-state index is 0.0386. The number of hydrogen-bond acceptors (Lipinski definition) is 5. The molecule has 0 spiro atoms. The van der Waals surface area contributed by atoms with E-state index in [9.17, 15) is 13.6 Å². The average molecular weight is 462 g/mol. The molecule has 2 heterocycles. The molecule has 9 heteroatoms. The van der Waals surface area contributed by atoms with Gasteiger partial charge in [-0.3, -0.25) is 9.69 Å². The fraction of sp³-hybridized carbons (Fsp3) is 0.304. The van der Waals surface area contributed by atoms with Crippen LogP contribution in [0.25, 0.3) is 0 Å². The lowest BCUT2D eigenvalue weighted by Crippen LogP contribution is -2.48. The molecule has 2 aromatic carbocycles. The van der Waals surface area contributed by atoms with Crippen LogP contribution >= 0.6 is 11.6 Å². The van der Waals surface area contributed by atoms with E-state index in [1.165, 1.54) is 18.2 Å². The monoisotopic (exact) mass is 461 g/mol. The number of carbonyl (C=O) groups is 1. The number of benzene rings is 2. The Kier molecular flexibility index (Phi) is 6.72. The van der Waals surface area contributed by atoms with Gasteiger partial charge in [-0.25, -0.2) is 8.78 Å². The standard InChI is InChI=1S/C23H22ClF2N3O3/c1-15-17(14-31-21-8-3-2-6-20(21)26)22(27-32-15)23(30)29-11-9-28(10-12-29)13-16-18(24)5-4-7-19(16)25/h2-8H,9-14H2,1H3. The normalized spacial score (nSPS) is 14.6. The zero-order chi connectivity index (χ0) is 22.7. The summed E-state index contributed by atoms with van der Waals surface area (Å²) < 4.78 is 38.7. The number of amides is 1. The van der Waals surface area contributed by atoms with E-state index in [2.05, 4.69) is 5.16 Å². The van der Waals surface area contributed by atoms with Crippen molar-refractivity contribution in [1.29, 1.82) is 0 Å². The van der Waals surface area contributed by atoms with Crippen LogP contribution in [0, 0.1) is 18.6 Å². The maximum Gasteiger partial charge on any atom is 0.276 e. The van der Waals surface area contributed by atoms with Crippen molar-refractivity contribution in [2.45, 2.75) is 20.1 Å². The summed E-state index contributed by atoms with van der Waals surface area (Å²) in [5.41, 5.74) is 1.09. The first kappa shape index (κ1) is 22.2. The third-order valence-corrected chi connectivity index (χ3v) is 5.85. The van der Waals surface area contributed by atoms with Crippen molar-refractivity contribution in [3.63, 3.8) is 0 Å². The minimum Gasteiger partial charge on any atom is -0.486 e. The number of piperazine rings is 1. The number of rotatable bonds is 6. The summed E-state index contributed by atoms with van der Waals surface area (Å²) in [4.78, 5) is 16.8. The van der Waals surface area contributed by atoms with Gasteiger partial charge in [0, 0.05) is 43.3 Å². The quantitative estimate of drug-likeness (QED) is 0.542. The van der Waals surface area contributed by atoms with Crippen molar-refractivity contribution in [2.75, 3.05) is 26.2 Å². The van der Waals surface area contributed by atoms with Gasteiger partial charge in [-0.1, -0.05) is 35.0 Å². The highest BCUT2D eigenvalue weighted by molar-refractivity contribution is 6.31. The van der Waals surface area contributed by atoms with Crippen molar-refractivity contribution in [2.24, 2.45) is 0 Å². The van der Waals surface area contributed by atoms with Crippen molar-refractivity contribution in [1.82, 2.24) is 15.0 Å². The second-order valence-corrected chi connectivity index (χ2v) is 7.96. The SMILES string of the molecule is Cc1onc(C(=O)N2CCN(Cc3c(F)cccc3Cl)CC2)c1COc1ccccc1F. The van der Waals surface area contributed by atoms with Crippen LogP contribution < -0.4 is 4.74 Å². The lowest BCUT2D eigenvalue weighted by atomic mass is 10.1. The number of ether oxygens (including phenoxy) is 1. The van der Waals surface area contributed by atoms with Crippen molar-refractivity contribution >= 4 is 17.5 Å². The third-order valence-electron chi connectivity index (χ3n) is 5.50. The summed E-state index contributed by atoms with van der Waals surface area (Å²) in [5.74, 6) is -0.573. The predicted octanol–water partition coefficient (Wildman–Crippen LogP) is 4.45. The number of aryl methyl sites for hydroxylation is 1. The molecule has 0 bridgehead atoms. The van der Waals surface area contributed by atoms with Crippen molar-refractivity contribution < 1.29 is 22.8 Å².